The second-order valence-corrected chi connectivity index (χ2v) is 6.02. The Morgan fingerprint density at radius 2 is 2.08 bits per heavy atom. The van der Waals surface area contributed by atoms with E-state index in [0.29, 0.717) is 5.69 Å². The first-order valence-electron chi connectivity index (χ1n) is 8.13. The Morgan fingerprint density at radius 3 is 2.96 bits per heavy atom. The SMILES string of the molecule is O=C(/C=C/c1c[nH]cn1)Nc1ccc2[nH]c3c(ccc4cn[nH]c43)c2c1. The number of nitrogens with one attached hydrogen (secondary N) is 4. The summed E-state index contributed by atoms with van der Waals surface area (Å²) in [6.07, 6.45) is 8.21. The van der Waals surface area contributed by atoms with Crippen LogP contribution < -0.4 is 5.32 Å². The predicted octanol–water partition coefficient (Wildman–Crippen LogP) is 3.57. The van der Waals surface area contributed by atoms with E-state index < -0.39 is 0 Å². The highest BCUT2D eigenvalue weighted by atomic mass is 16.1. The summed E-state index contributed by atoms with van der Waals surface area (Å²) in [4.78, 5) is 22.4. The number of aromatic amines is 3. The molecule has 0 saturated heterocycles. The van der Waals surface area contributed by atoms with Crippen molar-refractivity contribution in [2.45, 2.75) is 0 Å². The van der Waals surface area contributed by atoms with Gasteiger partial charge in [0.15, 0.2) is 0 Å². The van der Waals surface area contributed by atoms with Crippen LogP contribution in [0.2, 0.25) is 0 Å². The molecule has 2 aromatic carbocycles. The maximum Gasteiger partial charge on any atom is 0.248 e. The maximum absolute atomic E-state index is 12.1. The van der Waals surface area contributed by atoms with Crippen molar-refractivity contribution in [3.05, 3.63) is 60.8 Å². The standard InChI is InChI=1S/C19H14N6O/c26-17(6-3-13-9-20-10-21-13)23-12-2-5-16-15(7-12)14-4-1-11-8-22-25-18(11)19(14)24-16/h1-10,24H,(H,20,21)(H,22,25)(H,23,26)/b6-3+. The van der Waals surface area contributed by atoms with Crippen LogP contribution in [0.25, 0.3) is 38.8 Å². The molecule has 5 aromatic rings. The molecule has 0 fully saturated rings. The summed E-state index contributed by atoms with van der Waals surface area (Å²) in [7, 11) is 0. The van der Waals surface area contributed by atoms with Gasteiger partial charge in [-0.3, -0.25) is 9.89 Å². The van der Waals surface area contributed by atoms with Gasteiger partial charge >= 0.3 is 0 Å². The number of amides is 1. The van der Waals surface area contributed by atoms with Gasteiger partial charge in [0.1, 0.15) is 0 Å². The number of rotatable bonds is 3. The lowest BCUT2D eigenvalue weighted by Gasteiger charge is -2.02. The molecule has 0 bridgehead atoms. The second kappa shape index (κ2) is 5.59. The van der Waals surface area contributed by atoms with E-state index in [2.05, 4.69) is 36.5 Å². The van der Waals surface area contributed by atoms with Gasteiger partial charge in [0.05, 0.1) is 29.3 Å². The third kappa shape index (κ3) is 2.34. The van der Waals surface area contributed by atoms with Crippen molar-refractivity contribution in [2.75, 3.05) is 5.32 Å². The number of carbonyl (C=O) groups excluding carboxylic acids is 1. The first kappa shape index (κ1) is 14.5. The molecule has 0 aliphatic heterocycles. The Labute approximate surface area is 147 Å². The first-order valence-corrected chi connectivity index (χ1v) is 8.13. The van der Waals surface area contributed by atoms with Crippen LogP contribution in [0.15, 0.2) is 55.1 Å². The van der Waals surface area contributed by atoms with Gasteiger partial charge in [0.25, 0.3) is 0 Å². The zero-order valence-corrected chi connectivity index (χ0v) is 13.6. The lowest BCUT2D eigenvalue weighted by Crippen LogP contribution is -2.07. The Hall–Kier alpha value is -3.87. The molecule has 3 aromatic heterocycles. The Bertz CT molecular complexity index is 1280. The Morgan fingerprint density at radius 1 is 1.12 bits per heavy atom. The Kier molecular flexibility index (Phi) is 3.11. The first-order chi connectivity index (χ1) is 12.8. The van der Waals surface area contributed by atoms with Gasteiger partial charge in [0, 0.05) is 39.6 Å². The summed E-state index contributed by atoms with van der Waals surface area (Å²) in [5, 5.41) is 13.2. The van der Waals surface area contributed by atoms with E-state index in [1.165, 1.54) is 6.08 Å². The van der Waals surface area contributed by atoms with Gasteiger partial charge in [-0.2, -0.15) is 5.10 Å². The number of H-pyrrole nitrogens is 3. The molecular formula is C19H14N6O. The summed E-state index contributed by atoms with van der Waals surface area (Å²) < 4.78 is 0. The number of aromatic nitrogens is 5. The molecule has 1 amide bonds. The highest BCUT2D eigenvalue weighted by molar-refractivity contribution is 6.16. The zero-order chi connectivity index (χ0) is 17.5. The van der Waals surface area contributed by atoms with Gasteiger partial charge in [-0.15, -0.1) is 0 Å². The van der Waals surface area contributed by atoms with E-state index in [9.17, 15) is 4.79 Å². The molecular weight excluding hydrogens is 328 g/mol. The topological polar surface area (TPSA) is 102 Å². The van der Waals surface area contributed by atoms with Crippen LogP contribution >= 0.6 is 0 Å². The molecule has 5 rings (SSSR count). The molecule has 0 aliphatic rings. The average molecular weight is 342 g/mol. The Balaban J connectivity index is 1.50. The number of benzene rings is 2. The van der Waals surface area contributed by atoms with Crippen LogP contribution in [-0.4, -0.2) is 31.1 Å². The van der Waals surface area contributed by atoms with Crippen molar-refractivity contribution in [2.24, 2.45) is 0 Å². The van der Waals surface area contributed by atoms with Gasteiger partial charge in [-0.05, 0) is 24.3 Å². The second-order valence-electron chi connectivity index (χ2n) is 6.02. The molecule has 3 heterocycles. The van der Waals surface area contributed by atoms with Crippen molar-refractivity contribution < 1.29 is 4.79 Å². The number of hydrogen-bond acceptors (Lipinski definition) is 3. The fourth-order valence-electron chi connectivity index (χ4n) is 3.16. The number of nitrogens with zero attached hydrogens (tertiary/aromatic N) is 2. The smallest absolute Gasteiger partial charge is 0.248 e. The van der Waals surface area contributed by atoms with E-state index in [4.69, 9.17) is 0 Å². The minimum Gasteiger partial charge on any atom is -0.353 e. The van der Waals surface area contributed by atoms with Gasteiger partial charge < -0.3 is 15.3 Å². The van der Waals surface area contributed by atoms with Gasteiger partial charge in [-0.1, -0.05) is 12.1 Å². The summed E-state index contributed by atoms with van der Waals surface area (Å²) in [6, 6.07) is 9.91. The fraction of sp³-hybridized carbons (Fsp3) is 0. The quantitative estimate of drug-likeness (QED) is 0.377. The van der Waals surface area contributed by atoms with E-state index in [-0.39, 0.29) is 5.91 Å². The molecule has 0 atom stereocenters. The molecule has 4 N–H and O–H groups in total. The molecule has 7 heteroatoms. The van der Waals surface area contributed by atoms with Gasteiger partial charge in [0.2, 0.25) is 5.91 Å². The van der Waals surface area contributed by atoms with Crippen molar-refractivity contribution in [1.29, 1.82) is 0 Å². The third-order valence-electron chi connectivity index (χ3n) is 4.38. The van der Waals surface area contributed by atoms with E-state index >= 15 is 0 Å². The van der Waals surface area contributed by atoms with E-state index in [0.717, 1.165) is 38.4 Å². The minimum atomic E-state index is -0.205. The predicted molar refractivity (Wildman–Crippen MR) is 102 cm³/mol. The fourth-order valence-corrected chi connectivity index (χ4v) is 3.16. The third-order valence-corrected chi connectivity index (χ3v) is 4.38. The maximum atomic E-state index is 12.1. The van der Waals surface area contributed by atoms with Crippen LogP contribution in [0, 0.1) is 0 Å². The van der Waals surface area contributed by atoms with Crippen LogP contribution in [0.3, 0.4) is 0 Å². The summed E-state index contributed by atoms with van der Waals surface area (Å²) in [6.45, 7) is 0. The number of fused-ring (bicyclic) bond motifs is 5. The van der Waals surface area contributed by atoms with Crippen molar-refractivity contribution in [3.8, 4) is 0 Å². The molecule has 0 spiro atoms. The minimum absolute atomic E-state index is 0.205. The number of hydrogen-bond donors (Lipinski definition) is 4. The normalized spacial score (nSPS) is 11.8. The molecule has 0 saturated carbocycles. The summed E-state index contributed by atoms with van der Waals surface area (Å²) in [5.41, 5.74) is 4.44. The van der Waals surface area contributed by atoms with E-state index in [1.54, 1.807) is 24.8 Å². The molecule has 7 nitrogen and oxygen atoms in total. The highest BCUT2D eigenvalue weighted by Gasteiger charge is 2.10. The van der Waals surface area contributed by atoms with Crippen molar-refractivity contribution in [3.63, 3.8) is 0 Å². The molecule has 0 aliphatic carbocycles. The highest BCUT2D eigenvalue weighted by Crippen LogP contribution is 2.31. The van der Waals surface area contributed by atoms with Crippen molar-refractivity contribution in [1.82, 2.24) is 25.1 Å². The lowest BCUT2D eigenvalue weighted by molar-refractivity contribution is -0.111. The molecule has 26 heavy (non-hydrogen) atoms. The number of carbonyl (C=O) groups is 1. The van der Waals surface area contributed by atoms with Gasteiger partial charge in [-0.25, -0.2) is 4.98 Å². The van der Waals surface area contributed by atoms with Crippen LogP contribution in [-0.2, 0) is 4.79 Å². The molecule has 0 unspecified atom stereocenters. The molecule has 126 valence electrons. The van der Waals surface area contributed by atoms with E-state index in [1.807, 2.05) is 24.3 Å². The summed E-state index contributed by atoms with van der Waals surface area (Å²) in [5.74, 6) is -0.205. The van der Waals surface area contributed by atoms with Crippen LogP contribution in [0.4, 0.5) is 5.69 Å². The van der Waals surface area contributed by atoms with Crippen molar-refractivity contribution >= 4 is 50.4 Å². The zero-order valence-electron chi connectivity index (χ0n) is 13.6. The van der Waals surface area contributed by atoms with Crippen LogP contribution in [0.5, 0.6) is 0 Å². The molecule has 0 radical (unpaired) electrons. The monoisotopic (exact) mass is 342 g/mol. The lowest BCUT2D eigenvalue weighted by atomic mass is 10.1. The number of imidazole rings is 1. The largest absolute Gasteiger partial charge is 0.353 e. The van der Waals surface area contributed by atoms with Crippen LogP contribution in [0.1, 0.15) is 5.69 Å². The number of anilines is 1. The summed E-state index contributed by atoms with van der Waals surface area (Å²) >= 11 is 0. The average Bonchev–Trinajstić information content (AvgIpc) is 3.38.